The average Bonchev–Trinajstić information content (AvgIpc) is 2.57. The zero-order chi connectivity index (χ0) is 12.4. The second kappa shape index (κ2) is 4.88. The molecule has 0 radical (unpaired) electrons. The molecule has 0 aliphatic heterocycles. The average molecular weight is 235 g/mol. The first-order valence-corrected chi connectivity index (χ1v) is 5.96. The van der Waals surface area contributed by atoms with Crippen LogP contribution in [0.5, 0.6) is 0 Å². The molecule has 0 amide bonds. The molecule has 0 saturated carbocycles. The van der Waals surface area contributed by atoms with Crippen molar-refractivity contribution < 1.29 is 8.81 Å². The van der Waals surface area contributed by atoms with Crippen molar-refractivity contribution in [1.82, 2.24) is 5.32 Å². The Labute approximate surface area is 101 Å². The molecule has 0 fully saturated rings. The molecule has 0 aliphatic carbocycles. The van der Waals surface area contributed by atoms with Gasteiger partial charge in [-0.25, -0.2) is 4.39 Å². The Kier molecular flexibility index (Phi) is 3.48. The molecule has 17 heavy (non-hydrogen) atoms. The van der Waals surface area contributed by atoms with E-state index in [0.717, 1.165) is 28.7 Å². The van der Waals surface area contributed by atoms with Crippen LogP contribution in [0.3, 0.4) is 0 Å². The Morgan fingerprint density at radius 1 is 1.35 bits per heavy atom. The van der Waals surface area contributed by atoms with Gasteiger partial charge in [0, 0.05) is 10.9 Å². The highest BCUT2D eigenvalue weighted by molar-refractivity contribution is 5.82. The Morgan fingerprint density at radius 3 is 2.76 bits per heavy atom. The van der Waals surface area contributed by atoms with Crippen molar-refractivity contribution in [3.63, 3.8) is 0 Å². The predicted octanol–water partition coefficient (Wildman–Crippen LogP) is 3.49. The van der Waals surface area contributed by atoms with Crippen molar-refractivity contribution in [1.29, 1.82) is 0 Å². The smallest absolute Gasteiger partial charge is 0.134 e. The summed E-state index contributed by atoms with van der Waals surface area (Å²) in [4.78, 5) is 0. The minimum atomic E-state index is -0.209. The summed E-state index contributed by atoms with van der Waals surface area (Å²) in [5.41, 5.74) is 1.90. The molecule has 0 bridgehead atoms. The van der Waals surface area contributed by atoms with E-state index in [1.807, 2.05) is 7.05 Å². The molecule has 2 aromatic rings. The summed E-state index contributed by atoms with van der Waals surface area (Å²) in [6, 6.07) is 4.71. The van der Waals surface area contributed by atoms with Crippen LogP contribution in [0.15, 0.2) is 22.6 Å². The van der Waals surface area contributed by atoms with Crippen LogP contribution in [0.4, 0.5) is 4.39 Å². The number of benzene rings is 1. The van der Waals surface area contributed by atoms with Crippen LogP contribution in [0.1, 0.15) is 25.2 Å². The lowest BCUT2D eigenvalue weighted by Gasteiger charge is -2.05. The van der Waals surface area contributed by atoms with Crippen LogP contribution < -0.4 is 5.32 Å². The third-order valence-corrected chi connectivity index (χ3v) is 2.79. The van der Waals surface area contributed by atoms with Crippen molar-refractivity contribution in [2.24, 2.45) is 5.92 Å². The van der Waals surface area contributed by atoms with E-state index >= 15 is 0 Å². The highest BCUT2D eigenvalue weighted by Gasteiger charge is 2.15. The molecule has 0 aliphatic rings. The van der Waals surface area contributed by atoms with Crippen LogP contribution in [0.25, 0.3) is 11.0 Å². The standard InChI is InChI=1S/C14H18FNO/c1-9(2)6-11-12-7-10(15)4-5-13(12)17-14(11)8-16-3/h4-5,7,9,16H,6,8H2,1-3H3. The number of fused-ring (bicyclic) bond motifs is 1. The fraction of sp³-hybridized carbons (Fsp3) is 0.429. The lowest BCUT2D eigenvalue weighted by atomic mass is 10.00. The monoisotopic (exact) mass is 235 g/mol. The maximum absolute atomic E-state index is 13.3. The largest absolute Gasteiger partial charge is 0.459 e. The van der Waals surface area contributed by atoms with Crippen LogP contribution in [0, 0.1) is 11.7 Å². The summed E-state index contributed by atoms with van der Waals surface area (Å²) in [6.07, 6.45) is 0.910. The predicted molar refractivity (Wildman–Crippen MR) is 67.5 cm³/mol. The zero-order valence-corrected chi connectivity index (χ0v) is 10.5. The van der Waals surface area contributed by atoms with E-state index in [1.54, 1.807) is 12.1 Å². The second-order valence-electron chi connectivity index (χ2n) is 4.77. The summed E-state index contributed by atoms with van der Waals surface area (Å²) < 4.78 is 19.1. The summed E-state index contributed by atoms with van der Waals surface area (Å²) in [5, 5.41) is 3.99. The maximum atomic E-state index is 13.3. The molecule has 92 valence electrons. The van der Waals surface area contributed by atoms with Gasteiger partial charge in [0.05, 0.1) is 6.54 Å². The van der Waals surface area contributed by atoms with Gasteiger partial charge in [0.2, 0.25) is 0 Å². The molecule has 0 spiro atoms. The lowest BCUT2D eigenvalue weighted by molar-refractivity contribution is 0.515. The summed E-state index contributed by atoms with van der Waals surface area (Å²) in [5.74, 6) is 1.23. The van der Waals surface area contributed by atoms with E-state index in [9.17, 15) is 4.39 Å². The van der Waals surface area contributed by atoms with Gasteiger partial charge in [0.1, 0.15) is 17.2 Å². The fourth-order valence-corrected chi connectivity index (χ4v) is 2.11. The van der Waals surface area contributed by atoms with Crippen LogP contribution in [-0.2, 0) is 13.0 Å². The zero-order valence-electron chi connectivity index (χ0n) is 10.5. The van der Waals surface area contributed by atoms with E-state index < -0.39 is 0 Å². The number of furan rings is 1. The molecule has 0 saturated heterocycles. The topological polar surface area (TPSA) is 25.2 Å². The highest BCUT2D eigenvalue weighted by atomic mass is 19.1. The Balaban J connectivity index is 2.55. The first-order chi connectivity index (χ1) is 8.11. The van der Waals surface area contributed by atoms with Crippen molar-refractivity contribution in [3.05, 3.63) is 35.3 Å². The SMILES string of the molecule is CNCc1oc2ccc(F)cc2c1CC(C)C. The maximum Gasteiger partial charge on any atom is 0.134 e. The molecule has 1 N–H and O–H groups in total. The van der Waals surface area contributed by atoms with E-state index in [4.69, 9.17) is 4.42 Å². The number of halogens is 1. The van der Waals surface area contributed by atoms with E-state index in [2.05, 4.69) is 19.2 Å². The van der Waals surface area contributed by atoms with E-state index in [0.29, 0.717) is 12.5 Å². The molecule has 1 aromatic heterocycles. The Bertz CT molecular complexity index is 516. The molecule has 2 rings (SSSR count). The summed E-state index contributed by atoms with van der Waals surface area (Å²) in [7, 11) is 1.88. The van der Waals surface area contributed by atoms with Crippen molar-refractivity contribution in [2.45, 2.75) is 26.8 Å². The van der Waals surface area contributed by atoms with Gasteiger partial charge in [0.15, 0.2) is 0 Å². The molecular formula is C14H18FNO. The van der Waals surface area contributed by atoms with Gasteiger partial charge in [-0.3, -0.25) is 0 Å². The van der Waals surface area contributed by atoms with Crippen molar-refractivity contribution >= 4 is 11.0 Å². The number of hydrogen-bond acceptors (Lipinski definition) is 2. The van der Waals surface area contributed by atoms with Gasteiger partial charge < -0.3 is 9.73 Å². The molecule has 1 heterocycles. The third kappa shape index (κ3) is 2.50. The molecule has 0 atom stereocenters. The summed E-state index contributed by atoms with van der Waals surface area (Å²) in [6.45, 7) is 4.99. The minimum Gasteiger partial charge on any atom is -0.459 e. The fourth-order valence-electron chi connectivity index (χ4n) is 2.11. The van der Waals surface area contributed by atoms with E-state index in [-0.39, 0.29) is 5.82 Å². The van der Waals surface area contributed by atoms with Crippen LogP contribution in [0.2, 0.25) is 0 Å². The van der Waals surface area contributed by atoms with Crippen LogP contribution >= 0.6 is 0 Å². The Hall–Kier alpha value is -1.35. The second-order valence-corrected chi connectivity index (χ2v) is 4.77. The van der Waals surface area contributed by atoms with Gasteiger partial charge in [-0.05, 0) is 37.6 Å². The number of nitrogens with one attached hydrogen (secondary N) is 1. The molecular weight excluding hydrogens is 217 g/mol. The minimum absolute atomic E-state index is 0.209. The van der Waals surface area contributed by atoms with E-state index in [1.165, 1.54) is 6.07 Å². The molecule has 3 heteroatoms. The van der Waals surface area contributed by atoms with Gasteiger partial charge in [0.25, 0.3) is 0 Å². The first kappa shape index (κ1) is 12.1. The van der Waals surface area contributed by atoms with Gasteiger partial charge in [-0.1, -0.05) is 13.8 Å². The Morgan fingerprint density at radius 2 is 2.12 bits per heavy atom. The van der Waals surface area contributed by atoms with Crippen molar-refractivity contribution in [3.8, 4) is 0 Å². The normalized spacial score (nSPS) is 11.6. The summed E-state index contributed by atoms with van der Waals surface area (Å²) >= 11 is 0. The lowest BCUT2D eigenvalue weighted by Crippen LogP contribution is -2.07. The van der Waals surface area contributed by atoms with Crippen LogP contribution in [-0.4, -0.2) is 7.05 Å². The number of hydrogen-bond donors (Lipinski definition) is 1. The molecule has 2 nitrogen and oxygen atoms in total. The third-order valence-electron chi connectivity index (χ3n) is 2.79. The van der Waals surface area contributed by atoms with Crippen molar-refractivity contribution in [2.75, 3.05) is 7.05 Å². The van der Waals surface area contributed by atoms with Gasteiger partial charge in [-0.15, -0.1) is 0 Å². The number of rotatable bonds is 4. The quantitative estimate of drug-likeness (QED) is 0.877. The van der Waals surface area contributed by atoms with Gasteiger partial charge >= 0.3 is 0 Å². The molecule has 1 aromatic carbocycles. The highest BCUT2D eigenvalue weighted by Crippen LogP contribution is 2.28. The molecule has 0 unspecified atom stereocenters. The van der Waals surface area contributed by atoms with Gasteiger partial charge in [-0.2, -0.15) is 0 Å². The first-order valence-electron chi connectivity index (χ1n) is 5.96.